The average molecular weight is 313 g/mol. The molecule has 0 aliphatic heterocycles. The van der Waals surface area contributed by atoms with Crippen LogP contribution in [0.2, 0.25) is 0 Å². The first-order valence-electron chi connectivity index (χ1n) is 5.74. The highest BCUT2D eigenvalue weighted by Crippen LogP contribution is 2.21. The minimum atomic E-state index is -0.259. The van der Waals surface area contributed by atoms with E-state index < -0.39 is 0 Å². The normalized spacial score (nSPS) is 11.2. The molecule has 18 heavy (non-hydrogen) atoms. The van der Waals surface area contributed by atoms with Crippen LogP contribution in [-0.4, -0.2) is 18.2 Å². The third-order valence-electron chi connectivity index (χ3n) is 2.38. The lowest BCUT2D eigenvalue weighted by Gasteiger charge is -2.08. The van der Waals surface area contributed by atoms with Crippen LogP contribution in [0.25, 0.3) is 0 Å². The van der Waals surface area contributed by atoms with Gasteiger partial charge in [-0.25, -0.2) is 5.43 Å². The van der Waals surface area contributed by atoms with Crippen LogP contribution in [-0.2, 0) is 4.79 Å². The first-order valence-corrected chi connectivity index (χ1v) is 6.53. The summed E-state index contributed by atoms with van der Waals surface area (Å²) >= 11 is 3.37. The van der Waals surface area contributed by atoms with Gasteiger partial charge in [0, 0.05) is 10.2 Å². The minimum Gasteiger partial charge on any atom is -0.483 e. The van der Waals surface area contributed by atoms with Gasteiger partial charge in [0.15, 0.2) is 6.61 Å². The first-order chi connectivity index (χ1) is 8.52. The summed E-state index contributed by atoms with van der Waals surface area (Å²) in [5.41, 5.74) is 4.30. The van der Waals surface area contributed by atoms with Crippen molar-refractivity contribution in [1.29, 1.82) is 0 Å². The van der Waals surface area contributed by atoms with Gasteiger partial charge < -0.3 is 4.74 Å². The molecule has 0 saturated heterocycles. The van der Waals surface area contributed by atoms with Crippen LogP contribution in [0, 0.1) is 6.92 Å². The molecule has 1 aromatic carbocycles. The van der Waals surface area contributed by atoms with Crippen LogP contribution in [0.1, 0.15) is 25.8 Å². The van der Waals surface area contributed by atoms with Gasteiger partial charge in [-0.3, -0.25) is 4.79 Å². The van der Waals surface area contributed by atoms with Crippen molar-refractivity contribution in [2.75, 3.05) is 6.61 Å². The number of nitrogens with one attached hydrogen (secondary N) is 1. The lowest BCUT2D eigenvalue weighted by atomic mass is 10.2. The van der Waals surface area contributed by atoms with E-state index in [2.05, 4.69) is 26.5 Å². The molecule has 0 atom stereocenters. The molecule has 0 fully saturated rings. The highest BCUT2D eigenvalue weighted by molar-refractivity contribution is 9.10. The Balaban J connectivity index is 2.47. The Bertz CT molecular complexity index is 458. The second kappa shape index (κ2) is 7.16. The van der Waals surface area contributed by atoms with E-state index in [1.165, 1.54) is 0 Å². The zero-order chi connectivity index (χ0) is 13.5. The third kappa shape index (κ3) is 4.87. The van der Waals surface area contributed by atoms with Gasteiger partial charge in [-0.05, 0) is 44.0 Å². The Morgan fingerprint density at radius 2 is 2.22 bits per heavy atom. The van der Waals surface area contributed by atoms with E-state index in [1.807, 2.05) is 39.0 Å². The molecule has 0 saturated carbocycles. The fourth-order valence-corrected chi connectivity index (χ4v) is 1.66. The lowest BCUT2D eigenvalue weighted by Crippen LogP contribution is -2.25. The molecule has 1 aromatic rings. The molecule has 0 heterocycles. The molecule has 0 bridgehead atoms. The van der Waals surface area contributed by atoms with Crippen LogP contribution in [0.4, 0.5) is 0 Å². The Labute approximate surface area is 116 Å². The maximum Gasteiger partial charge on any atom is 0.277 e. The number of ether oxygens (including phenoxy) is 1. The van der Waals surface area contributed by atoms with Crippen LogP contribution in [0.15, 0.2) is 27.8 Å². The van der Waals surface area contributed by atoms with E-state index in [-0.39, 0.29) is 12.5 Å². The molecular formula is C13H17BrN2O2. The molecule has 98 valence electrons. The van der Waals surface area contributed by atoms with Gasteiger partial charge in [-0.1, -0.05) is 22.9 Å². The number of benzene rings is 1. The fourth-order valence-electron chi connectivity index (χ4n) is 1.19. The van der Waals surface area contributed by atoms with Crippen molar-refractivity contribution in [3.8, 4) is 5.75 Å². The quantitative estimate of drug-likeness (QED) is 0.671. The number of rotatable bonds is 5. The summed E-state index contributed by atoms with van der Waals surface area (Å²) in [6.45, 7) is 5.73. The number of hydrogen-bond donors (Lipinski definition) is 1. The number of hydrazone groups is 1. The topological polar surface area (TPSA) is 50.7 Å². The van der Waals surface area contributed by atoms with E-state index >= 15 is 0 Å². The summed E-state index contributed by atoms with van der Waals surface area (Å²) in [4.78, 5) is 11.5. The maximum atomic E-state index is 11.5. The SMILES string of the molecule is CC/C(C)=N/NC(=O)COc1ccc(Br)cc1C. The Morgan fingerprint density at radius 3 is 2.83 bits per heavy atom. The molecule has 1 rings (SSSR count). The summed E-state index contributed by atoms with van der Waals surface area (Å²) < 4.78 is 6.40. The van der Waals surface area contributed by atoms with Crippen LogP contribution in [0.5, 0.6) is 5.75 Å². The predicted molar refractivity (Wildman–Crippen MR) is 75.9 cm³/mol. The van der Waals surface area contributed by atoms with E-state index in [9.17, 15) is 4.79 Å². The predicted octanol–water partition coefficient (Wildman–Crippen LogP) is 3.04. The molecule has 0 spiro atoms. The summed E-state index contributed by atoms with van der Waals surface area (Å²) in [7, 11) is 0. The zero-order valence-electron chi connectivity index (χ0n) is 10.8. The monoisotopic (exact) mass is 312 g/mol. The molecule has 4 nitrogen and oxygen atoms in total. The molecule has 0 aliphatic rings. The van der Waals surface area contributed by atoms with Gasteiger partial charge in [0.1, 0.15) is 5.75 Å². The summed E-state index contributed by atoms with van der Waals surface area (Å²) in [5.74, 6) is 0.440. The van der Waals surface area contributed by atoms with Crippen molar-refractivity contribution < 1.29 is 9.53 Å². The van der Waals surface area contributed by atoms with Gasteiger partial charge in [0.2, 0.25) is 0 Å². The van der Waals surface area contributed by atoms with Gasteiger partial charge in [-0.15, -0.1) is 0 Å². The van der Waals surface area contributed by atoms with E-state index in [0.29, 0.717) is 5.75 Å². The maximum absolute atomic E-state index is 11.5. The molecule has 0 aliphatic carbocycles. The largest absolute Gasteiger partial charge is 0.483 e. The second-order valence-corrected chi connectivity index (χ2v) is 4.85. The lowest BCUT2D eigenvalue weighted by molar-refractivity contribution is -0.123. The number of carbonyl (C=O) groups excluding carboxylic acids is 1. The van der Waals surface area contributed by atoms with Crippen molar-refractivity contribution in [2.45, 2.75) is 27.2 Å². The number of aryl methyl sites for hydroxylation is 1. The van der Waals surface area contributed by atoms with Crippen LogP contribution < -0.4 is 10.2 Å². The molecule has 0 unspecified atom stereocenters. The van der Waals surface area contributed by atoms with Gasteiger partial charge in [0.25, 0.3) is 5.91 Å². The third-order valence-corrected chi connectivity index (χ3v) is 2.87. The van der Waals surface area contributed by atoms with Gasteiger partial charge in [0.05, 0.1) is 0 Å². The average Bonchev–Trinajstić information content (AvgIpc) is 2.34. The molecule has 1 N–H and O–H groups in total. The molecule has 0 aromatic heterocycles. The van der Waals surface area contributed by atoms with Gasteiger partial charge in [-0.2, -0.15) is 5.10 Å². The summed E-state index contributed by atoms with van der Waals surface area (Å²) in [5, 5.41) is 3.92. The Morgan fingerprint density at radius 1 is 1.50 bits per heavy atom. The van der Waals surface area contributed by atoms with E-state index in [0.717, 1.165) is 22.2 Å². The highest BCUT2D eigenvalue weighted by Gasteiger charge is 2.04. The van der Waals surface area contributed by atoms with Crippen molar-refractivity contribution in [2.24, 2.45) is 5.10 Å². The summed E-state index contributed by atoms with van der Waals surface area (Å²) in [6, 6.07) is 5.64. The number of amides is 1. The first kappa shape index (κ1) is 14.7. The summed E-state index contributed by atoms with van der Waals surface area (Å²) in [6.07, 6.45) is 0.812. The van der Waals surface area contributed by atoms with Crippen LogP contribution >= 0.6 is 15.9 Å². The minimum absolute atomic E-state index is 0.0387. The highest BCUT2D eigenvalue weighted by atomic mass is 79.9. The van der Waals surface area contributed by atoms with Crippen molar-refractivity contribution in [3.05, 3.63) is 28.2 Å². The smallest absolute Gasteiger partial charge is 0.277 e. The van der Waals surface area contributed by atoms with Crippen molar-refractivity contribution in [1.82, 2.24) is 5.43 Å². The Hall–Kier alpha value is -1.36. The van der Waals surface area contributed by atoms with E-state index in [1.54, 1.807) is 0 Å². The number of hydrogen-bond acceptors (Lipinski definition) is 3. The van der Waals surface area contributed by atoms with Gasteiger partial charge >= 0.3 is 0 Å². The van der Waals surface area contributed by atoms with Crippen LogP contribution in [0.3, 0.4) is 0 Å². The molecule has 1 amide bonds. The molecular weight excluding hydrogens is 296 g/mol. The Kier molecular flexibility index (Phi) is 5.85. The number of nitrogens with zero attached hydrogens (tertiary/aromatic N) is 1. The van der Waals surface area contributed by atoms with Crippen molar-refractivity contribution in [3.63, 3.8) is 0 Å². The number of halogens is 1. The molecule has 5 heteroatoms. The molecule has 0 radical (unpaired) electrons. The fraction of sp³-hybridized carbons (Fsp3) is 0.385. The van der Waals surface area contributed by atoms with Crippen molar-refractivity contribution >= 4 is 27.5 Å². The number of carbonyl (C=O) groups is 1. The second-order valence-electron chi connectivity index (χ2n) is 3.93. The zero-order valence-corrected chi connectivity index (χ0v) is 12.4. The standard InChI is InChI=1S/C13H17BrN2O2/c1-4-10(3)15-16-13(17)8-18-12-6-5-11(14)7-9(12)2/h5-7H,4,8H2,1-3H3,(H,16,17)/b15-10+. The van der Waals surface area contributed by atoms with E-state index in [4.69, 9.17) is 4.74 Å².